The number of aryl methyl sites for hydroxylation is 2. The molecule has 34 heavy (non-hydrogen) atoms. The van der Waals surface area contributed by atoms with E-state index < -0.39 is 11.9 Å². The normalized spacial score (nSPS) is 15.6. The van der Waals surface area contributed by atoms with E-state index >= 15 is 0 Å². The Morgan fingerprint density at radius 1 is 1.15 bits per heavy atom. The second-order valence-electron chi connectivity index (χ2n) is 9.96. The molecule has 0 saturated carbocycles. The highest BCUT2D eigenvalue weighted by Crippen LogP contribution is 2.39. The summed E-state index contributed by atoms with van der Waals surface area (Å²) in [5, 5.41) is 3.59. The van der Waals surface area contributed by atoms with Crippen molar-refractivity contribution in [1.82, 2.24) is 4.98 Å². The predicted molar refractivity (Wildman–Crippen MR) is 142 cm³/mol. The van der Waals surface area contributed by atoms with Gasteiger partial charge >= 0.3 is 5.97 Å². The number of hydrogen-bond acceptors (Lipinski definition) is 4. The third kappa shape index (κ3) is 5.20. The summed E-state index contributed by atoms with van der Waals surface area (Å²) in [6.45, 7) is 8.30. The Hall–Kier alpha value is -2.25. The molecular formula is C27H28Br2N2O3. The maximum Gasteiger partial charge on any atom is 0.339 e. The number of hydrogen-bond donors (Lipinski definition) is 1. The molecule has 1 heterocycles. The number of benzene rings is 2. The smallest absolute Gasteiger partial charge is 0.339 e. The standard InChI is InChI=1S/C27H28Br2N2O3/c1-15-11-19(28)25(20(29)12-15)31-23(32)14-34-26(33)24-17-7-5-6-8-21(17)30-22-10-9-16(13-18(22)24)27(2,3)4/h5-8,11-12,16H,9-10,13-14H2,1-4H3,(H,31,32). The van der Waals surface area contributed by atoms with Crippen molar-refractivity contribution in [2.75, 3.05) is 11.9 Å². The zero-order valence-corrected chi connectivity index (χ0v) is 23.0. The molecule has 3 aromatic rings. The van der Waals surface area contributed by atoms with E-state index in [0.29, 0.717) is 17.2 Å². The van der Waals surface area contributed by atoms with Crippen LogP contribution in [0.4, 0.5) is 5.69 Å². The van der Waals surface area contributed by atoms with Gasteiger partial charge in [-0.1, -0.05) is 39.0 Å². The molecule has 1 unspecified atom stereocenters. The second kappa shape index (κ2) is 9.78. The van der Waals surface area contributed by atoms with Crippen LogP contribution >= 0.6 is 31.9 Å². The number of esters is 1. The minimum atomic E-state index is -0.485. The highest BCUT2D eigenvalue weighted by atomic mass is 79.9. The summed E-state index contributed by atoms with van der Waals surface area (Å²) in [6, 6.07) is 11.5. The van der Waals surface area contributed by atoms with Gasteiger partial charge in [0.25, 0.3) is 5.91 Å². The van der Waals surface area contributed by atoms with E-state index in [4.69, 9.17) is 9.72 Å². The Kier molecular flexibility index (Phi) is 7.15. The first-order chi connectivity index (χ1) is 16.0. The first-order valence-corrected chi connectivity index (χ1v) is 13.0. The fourth-order valence-electron chi connectivity index (χ4n) is 4.56. The molecule has 1 aliphatic rings. The molecule has 0 aliphatic heterocycles. The first kappa shape index (κ1) is 24.9. The van der Waals surface area contributed by atoms with Crippen LogP contribution < -0.4 is 5.32 Å². The summed E-state index contributed by atoms with van der Waals surface area (Å²) in [5.41, 5.74) is 5.01. The van der Waals surface area contributed by atoms with Gasteiger partial charge < -0.3 is 10.1 Å². The van der Waals surface area contributed by atoms with Crippen molar-refractivity contribution in [2.24, 2.45) is 11.3 Å². The van der Waals surface area contributed by atoms with Crippen LogP contribution in [0.5, 0.6) is 0 Å². The SMILES string of the molecule is Cc1cc(Br)c(NC(=O)COC(=O)c2c3c(nc4ccccc24)CCC(C(C)(C)C)C3)c(Br)c1. The molecule has 7 heteroatoms. The van der Waals surface area contributed by atoms with Crippen LogP contribution in [0.25, 0.3) is 10.9 Å². The van der Waals surface area contributed by atoms with Crippen molar-refractivity contribution in [3.63, 3.8) is 0 Å². The fraction of sp³-hybridized carbons (Fsp3) is 0.370. The minimum absolute atomic E-state index is 0.124. The number of para-hydroxylation sites is 1. The third-order valence-electron chi connectivity index (χ3n) is 6.47. The molecule has 5 nitrogen and oxygen atoms in total. The topological polar surface area (TPSA) is 68.3 Å². The van der Waals surface area contributed by atoms with Crippen LogP contribution in [-0.2, 0) is 22.4 Å². The van der Waals surface area contributed by atoms with E-state index in [9.17, 15) is 9.59 Å². The highest BCUT2D eigenvalue weighted by molar-refractivity contribution is 9.11. The zero-order valence-electron chi connectivity index (χ0n) is 19.8. The van der Waals surface area contributed by atoms with Crippen molar-refractivity contribution in [3.8, 4) is 0 Å². The van der Waals surface area contributed by atoms with Gasteiger partial charge in [-0.2, -0.15) is 0 Å². The van der Waals surface area contributed by atoms with Crippen LogP contribution in [0.2, 0.25) is 0 Å². The number of fused-ring (bicyclic) bond motifs is 2. The molecular weight excluding hydrogens is 560 g/mol. The van der Waals surface area contributed by atoms with Gasteiger partial charge in [0, 0.05) is 20.0 Å². The minimum Gasteiger partial charge on any atom is -0.452 e. The van der Waals surface area contributed by atoms with E-state index in [1.54, 1.807) is 0 Å². The summed E-state index contributed by atoms with van der Waals surface area (Å²) in [4.78, 5) is 30.9. The Bertz CT molecular complexity index is 1260. The fourth-order valence-corrected chi connectivity index (χ4v) is 6.17. The molecule has 1 amide bonds. The van der Waals surface area contributed by atoms with Crippen molar-refractivity contribution in [3.05, 3.63) is 67.7 Å². The van der Waals surface area contributed by atoms with Crippen LogP contribution in [0.15, 0.2) is 45.3 Å². The number of halogens is 2. The van der Waals surface area contributed by atoms with Crippen molar-refractivity contribution < 1.29 is 14.3 Å². The van der Waals surface area contributed by atoms with E-state index in [-0.39, 0.29) is 12.0 Å². The Balaban J connectivity index is 1.60. The number of rotatable bonds is 4. The quantitative estimate of drug-likeness (QED) is 0.333. The molecule has 2 aromatic carbocycles. The average Bonchev–Trinajstić information content (AvgIpc) is 2.77. The predicted octanol–water partition coefficient (Wildman–Crippen LogP) is 7.01. The van der Waals surface area contributed by atoms with Crippen LogP contribution in [0, 0.1) is 18.3 Å². The van der Waals surface area contributed by atoms with Gasteiger partial charge in [0.1, 0.15) is 0 Å². The summed E-state index contributed by atoms with van der Waals surface area (Å²) in [5.74, 6) is -0.450. The largest absolute Gasteiger partial charge is 0.452 e. The maximum absolute atomic E-state index is 13.4. The van der Waals surface area contributed by atoms with Crippen LogP contribution in [0.1, 0.15) is 54.4 Å². The van der Waals surface area contributed by atoms with E-state index in [0.717, 1.165) is 55.9 Å². The van der Waals surface area contributed by atoms with Gasteiger partial charge in [-0.3, -0.25) is 9.78 Å². The number of aromatic nitrogens is 1. The molecule has 1 aromatic heterocycles. The average molecular weight is 588 g/mol. The lowest BCUT2D eigenvalue weighted by atomic mass is 9.70. The Labute approximate surface area is 216 Å². The summed E-state index contributed by atoms with van der Waals surface area (Å²) in [6.07, 6.45) is 2.65. The van der Waals surface area contributed by atoms with Crippen molar-refractivity contribution >= 4 is 60.3 Å². The lowest BCUT2D eigenvalue weighted by molar-refractivity contribution is -0.119. The van der Waals surface area contributed by atoms with Gasteiger partial charge in [0.2, 0.25) is 0 Å². The highest BCUT2D eigenvalue weighted by Gasteiger charge is 2.33. The summed E-state index contributed by atoms with van der Waals surface area (Å²) in [7, 11) is 0. The van der Waals surface area contributed by atoms with Gasteiger partial charge in [-0.15, -0.1) is 0 Å². The number of ether oxygens (including phenoxy) is 1. The third-order valence-corrected chi connectivity index (χ3v) is 7.72. The van der Waals surface area contributed by atoms with E-state index in [1.807, 2.05) is 43.3 Å². The number of nitrogens with zero attached hydrogens (tertiary/aromatic N) is 1. The molecule has 1 atom stereocenters. The second-order valence-corrected chi connectivity index (χ2v) is 11.7. The number of nitrogens with one attached hydrogen (secondary N) is 1. The number of anilines is 1. The van der Waals surface area contributed by atoms with E-state index in [2.05, 4.69) is 57.9 Å². The monoisotopic (exact) mass is 586 g/mol. The molecule has 1 N–H and O–H groups in total. The summed E-state index contributed by atoms with van der Waals surface area (Å²) >= 11 is 6.95. The summed E-state index contributed by atoms with van der Waals surface area (Å²) < 4.78 is 7.05. The number of amides is 1. The van der Waals surface area contributed by atoms with Crippen LogP contribution in [0.3, 0.4) is 0 Å². The number of pyridine rings is 1. The molecule has 0 fully saturated rings. The lowest BCUT2D eigenvalue weighted by Crippen LogP contribution is -2.29. The van der Waals surface area contributed by atoms with E-state index in [1.165, 1.54) is 0 Å². The lowest BCUT2D eigenvalue weighted by Gasteiger charge is -2.35. The van der Waals surface area contributed by atoms with Crippen LogP contribution in [-0.4, -0.2) is 23.5 Å². The molecule has 4 rings (SSSR count). The molecule has 0 radical (unpaired) electrons. The van der Waals surface area contributed by atoms with Gasteiger partial charge in [0.05, 0.1) is 16.8 Å². The zero-order chi connectivity index (χ0) is 24.6. The number of carbonyl (C=O) groups excluding carboxylic acids is 2. The molecule has 0 spiro atoms. The Morgan fingerprint density at radius 3 is 2.50 bits per heavy atom. The van der Waals surface area contributed by atoms with Gasteiger partial charge in [-0.05, 0) is 98.7 Å². The molecule has 0 saturated heterocycles. The molecule has 178 valence electrons. The van der Waals surface area contributed by atoms with Gasteiger partial charge in [-0.25, -0.2) is 4.79 Å². The first-order valence-electron chi connectivity index (χ1n) is 11.4. The van der Waals surface area contributed by atoms with Crippen molar-refractivity contribution in [1.29, 1.82) is 0 Å². The number of carbonyl (C=O) groups is 2. The molecule has 0 bridgehead atoms. The maximum atomic E-state index is 13.4. The molecule has 1 aliphatic carbocycles. The van der Waals surface area contributed by atoms with Gasteiger partial charge in [0.15, 0.2) is 6.61 Å². The Morgan fingerprint density at radius 2 is 1.82 bits per heavy atom. The van der Waals surface area contributed by atoms with Crippen molar-refractivity contribution in [2.45, 2.75) is 47.0 Å².